The van der Waals surface area contributed by atoms with Gasteiger partial charge < -0.3 is 9.32 Å². The van der Waals surface area contributed by atoms with Crippen molar-refractivity contribution in [2.45, 2.75) is 13.5 Å². The third kappa shape index (κ3) is 4.08. The Morgan fingerprint density at radius 3 is 2.61 bits per heavy atom. The lowest BCUT2D eigenvalue weighted by molar-refractivity contribution is 0.0618. The van der Waals surface area contributed by atoms with E-state index in [0.717, 1.165) is 24.2 Å². The molecule has 0 bridgehead atoms. The highest BCUT2D eigenvalue weighted by atomic mass is 35.5. The third-order valence-electron chi connectivity index (χ3n) is 4.93. The number of hydrogen-bond acceptors (Lipinski definition) is 5. The van der Waals surface area contributed by atoms with Crippen LogP contribution in [0, 0.1) is 6.92 Å². The Morgan fingerprint density at radius 1 is 1.07 bits per heavy atom. The average Bonchev–Trinajstić information content (AvgIpc) is 3.16. The molecule has 1 aromatic heterocycles. The largest absolute Gasteiger partial charge is 0.419 e. The highest BCUT2D eigenvalue weighted by Gasteiger charge is 2.23. The number of nitrogens with zero attached hydrogens (tertiary/aromatic N) is 4. The lowest BCUT2D eigenvalue weighted by atomic mass is 10.1. The second kappa shape index (κ2) is 8.12. The van der Waals surface area contributed by atoms with Crippen LogP contribution in [0.1, 0.15) is 21.8 Å². The molecule has 144 valence electrons. The number of aryl methyl sites for hydroxylation is 1. The lowest BCUT2D eigenvalue weighted by Gasteiger charge is -2.34. The van der Waals surface area contributed by atoms with Crippen LogP contribution in [0.3, 0.4) is 0 Å². The van der Waals surface area contributed by atoms with Gasteiger partial charge in [-0.25, -0.2) is 0 Å². The summed E-state index contributed by atoms with van der Waals surface area (Å²) >= 11 is 6.00. The summed E-state index contributed by atoms with van der Waals surface area (Å²) < 4.78 is 5.85. The summed E-state index contributed by atoms with van der Waals surface area (Å²) in [6.07, 6.45) is 0. The van der Waals surface area contributed by atoms with E-state index in [-0.39, 0.29) is 5.91 Å². The maximum atomic E-state index is 12.6. The summed E-state index contributed by atoms with van der Waals surface area (Å²) in [5.41, 5.74) is 2.68. The van der Waals surface area contributed by atoms with E-state index in [1.165, 1.54) is 0 Å². The van der Waals surface area contributed by atoms with Gasteiger partial charge in [-0.3, -0.25) is 9.69 Å². The maximum Gasteiger partial charge on any atom is 0.253 e. The smallest absolute Gasteiger partial charge is 0.253 e. The Bertz CT molecular complexity index is 980. The molecule has 1 amide bonds. The van der Waals surface area contributed by atoms with E-state index in [1.807, 2.05) is 36.1 Å². The number of carbonyl (C=O) groups excluding carboxylic acids is 1. The Balaban J connectivity index is 1.35. The molecule has 0 aliphatic carbocycles. The van der Waals surface area contributed by atoms with Gasteiger partial charge in [0.05, 0.1) is 6.54 Å². The number of carbonyl (C=O) groups is 1. The Kier molecular flexibility index (Phi) is 5.41. The zero-order chi connectivity index (χ0) is 19.5. The molecular weight excluding hydrogens is 376 g/mol. The van der Waals surface area contributed by atoms with Crippen LogP contribution in [-0.2, 0) is 6.54 Å². The number of halogens is 1. The molecule has 0 radical (unpaired) electrons. The highest BCUT2D eigenvalue weighted by Crippen LogP contribution is 2.22. The van der Waals surface area contributed by atoms with Gasteiger partial charge >= 0.3 is 0 Å². The van der Waals surface area contributed by atoms with Crippen LogP contribution < -0.4 is 0 Å². The fourth-order valence-electron chi connectivity index (χ4n) is 3.34. The molecule has 3 aromatic rings. The average molecular weight is 397 g/mol. The zero-order valence-corrected chi connectivity index (χ0v) is 16.4. The molecule has 0 unspecified atom stereocenters. The van der Waals surface area contributed by atoms with Gasteiger partial charge in [-0.1, -0.05) is 35.9 Å². The van der Waals surface area contributed by atoms with Gasteiger partial charge in [0.15, 0.2) is 0 Å². The van der Waals surface area contributed by atoms with Gasteiger partial charge in [0.25, 0.3) is 5.91 Å². The minimum absolute atomic E-state index is 0.0155. The van der Waals surface area contributed by atoms with Gasteiger partial charge in [-0.15, -0.1) is 10.2 Å². The van der Waals surface area contributed by atoms with Crippen molar-refractivity contribution in [3.63, 3.8) is 0 Å². The number of benzene rings is 2. The first-order chi connectivity index (χ1) is 13.6. The molecule has 1 fully saturated rings. The van der Waals surface area contributed by atoms with Gasteiger partial charge in [0.2, 0.25) is 11.8 Å². The van der Waals surface area contributed by atoms with Crippen molar-refractivity contribution in [3.8, 4) is 11.5 Å². The second-order valence-electron chi connectivity index (χ2n) is 6.89. The number of piperazine rings is 1. The van der Waals surface area contributed by atoms with Crippen LogP contribution in [0.2, 0.25) is 5.02 Å². The van der Waals surface area contributed by atoms with E-state index in [2.05, 4.69) is 15.1 Å². The first kappa shape index (κ1) is 18.7. The second-order valence-corrected chi connectivity index (χ2v) is 7.33. The van der Waals surface area contributed by atoms with Gasteiger partial charge in [-0.2, -0.15) is 0 Å². The SMILES string of the molecule is Cc1ccccc1-c1nnc(CN2CCN(C(=O)c3cccc(Cl)c3)CC2)o1. The van der Waals surface area contributed by atoms with Gasteiger partial charge in [0, 0.05) is 42.3 Å². The summed E-state index contributed by atoms with van der Waals surface area (Å²) in [7, 11) is 0. The van der Waals surface area contributed by atoms with E-state index < -0.39 is 0 Å². The molecule has 1 saturated heterocycles. The summed E-state index contributed by atoms with van der Waals surface area (Å²) in [6.45, 7) is 5.43. The van der Waals surface area contributed by atoms with Crippen molar-refractivity contribution < 1.29 is 9.21 Å². The van der Waals surface area contributed by atoms with Crippen LogP contribution in [0.4, 0.5) is 0 Å². The fourth-order valence-corrected chi connectivity index (χ4v) is 3.53. The third-order valence-corrected chi connectivity index (χ3v) is 5.17. The molecule has 1 aliphatic heterocycles. The molecule has 2 aromatic carbocycles. The predicted molar refractivity (Wildman–Crippen MR) is 107 cm³/mol. The van der Waals surface area contributed by atoms with E-state index in [4.69, 9.17) is 16.0 Å². The molecule has 28 heavy (non-hydrogen) atoms. The van der Waals surface area contributed by atoms with E-state index in [1.54, 1.807) is 24.3 Å². The van der Waals surface area contributed by atoms with Crippen LogP contribution >= 0.6 is 11.6 Å². The quantitative estimate of drug-likeness (QED) is 0.673. The topological polar surface area (TPSA) is 62.5 Å². The maximum absolute atomic E-state index is 12.6. The Hall–Kier alpha value is -2.70. The molecule has 6 nitrogen and oxygen atoms in total. The van der Waals surface area contributed by atoms with Crippen molar-refractivity contribution >= 4 is 17.5 Å². The van der Waals surface area contributed by atoms with Crippen LogP contribution in [0.25, 0.3) is 11.5 Å². The first-order valence-corrected chi connectivity index (χ1v) is 9.63. The minimum atomic E-state index is 0.0155. The van der Waals surface area contributed by atoms with Crippen molar-refractivity contribution in [3.05, 3.63) is 70.6 Å². The summed E-state index contributed by atoms with van der Waals surface area (Å²) in [4.78, 5) is 16.7. The van der Waals surface area contributed by atoms with E-state index >= 15 is 0 Å². The van der Waals surface area contributed by atoms with Crippen LogP contribution in [-0.4, -0.2) is 52.1 Å². The molecule has 0 atom stereocenters. The molecule has 1 aliphatic rings. The Morgan fingerprint density at radius 2 is 1.86 bits per heavy atom. The molecule has 7 heteroatoms. The molecule has 4 rings (SSSR count). The normalized spacial score (nSPS) is 15.0. The Labute approximate surface area is 168 Å². The minimum Gasteiger partial charge on any atom is -0.419 e. The van der Waals surface area contributed by atoms with Crippen molar-refractivity contribution in [2.24, 2.45) is 0 Å². The van der Waals surface area contributed by atoms with Gasteiger partial charge in [0.1, 0.15) is 0 Å². The standard InChI is InChI=1S/C21H21ClN4O2/c1-15-5-2-3-8-18(15)20-24-23-19(28-20)14-25-9-11-26(12-10-25)21(27)16-6-4-7-17(22)13-16/h2-8,13H,9-12,14H2,1H3. The van der Waals surface area contributed by atoms with Crippen molar-refractivity contribution in [1.29, 1.82) is 0 Å². The first-order valence-electron chi connectivity index (χ1n) is 9.26. The summed E-state index contributed by atoms with van der Waals surface area (Å²) in [6, 6.07) is 15.0. The zero-order valence-electron chi connectivity index (χ0n) is 15.6. The van der Waals surface area contributed by atoms with Crippen molar-refractivity contribution in [1.82, 2.24) is 20.0 Å². The summed E-state index contributed by atoms with van der Waals surface area (Å²) in [5, 5.41) is 8.94. The van der Waals surface area contributed by atoms with E-state index in [9.17, 15) is 4.79 Å². The summed E-state index contributed by atoms with van der Waals surface area (Å²) in [5.74, 6) is 1.15. The van der Waals surface area contributed by atoms with Crippen LogP contribution in [0.15, 0.2) is 52.9 Å². The molecule has 0 saturated carbocycles. The van der Waals surface area contributed by atoms with Crippen molar-refractivity contribution in [2.75, 3.05) is 26.2 Å². The molecule has 2 heterocycles. The van der Waals surface area contributed by atoms with Crippen LogP contribution in [0.5, 0.6) is 0 Å². The fraction of sp³-hybridized carbons (Fsp3) is 0.286. The number of amides is 1. The number of rotatable bonds is 4. The predicted octanol–water partition coefficient (Wildman–Crippen LogP) is 3.66. The molecule has 0 N–H and O–H groups in total. The number of hydrogen-bond donors (Lipinski definition) is 0. The molecule has 0 spiro atoms. The molecular formula is C21H21ClN4O2. The number of aromatic nitrogens is 2. The van der Waals surface area contributed by atoms with E-state index in [0.29, 0.717) is 42.0 Å². The van der Waals surface area contributed by atoms with Gasteiger partial charge in [-0.05, 0) is 36.8 Å². The lowest BCUT2D eigenvalue weighted by Crippen LogP contribution is -2.48. The monoisotopic (exact) mass is 396 g/mol. The highest BCUT2D eigenvalue weighted by molar-refractivity contribution is 6.30.